The quantitative estimate of drug-likeness (QED) is 0.430. The van der Waals surface area contributed by atoms with Crippen LogP contribution in [-0.4, -0.2) is 74.3 Å². The van der Waals surface area contributed by atoms with Crippen molar-refractivity contribution >= 4 is 39.7 Å². The molecule has 0 aromatic heterocycles. The highest BCUT2D eigenvalue weighted by Gasteiger charge is 2.59. The summed E-state index contributed by atoms with van der Waals surface area (Å²) in [5, 5.41) is 7.69. The Morgan fingerprint density at radius 1 is 1.07 bits per heavy atom. The van der Waals surface area contributed by atoms with Crippen molar-refractivity contribution in [1.82, 2.24) is 9.80 Å². The van der Waals surface area contributed by atoms with Crippen molar-refractivity contribution in [2.75, 3.05) is 0 Å². The molecular formula is C15H16N2O9S. The lowest BCUT2D eigenvalue weighted by Gasteiger charge is -2.43. The van der Waals surface area contributed by atoms with Crippen LogP contribution in [0.4, 0.5) is 0 Å². The summed E-state index contributed by atoms with van der Waals surface area (Å²) in [4.78, 5) is 61.5. The van der Waals surface area contributed by atoms with Gasteiger partial charge in [0.25, 0.3) is 27.8 Å². The fourth-order valence-corrected chi connectivity index (χ4v) is 4.64. The Bertz CT molecular complexity index is 865. The Balaban J connectivity index is 1.86. The maximum Gasteiger partial charge on any atom is 0.330 e. The topological polar surface area (TPSA) is 166 Å². The highest BCUT2D eigenvalue weighted by Crippen LogP contribution is 2.40. The van der Waals surface area contributed by atoms with E-state index in [0.29, 0.717) is 4.90 Å². The van der Waals surface area contributed by atoms with Gasteiger partial charge in [0.2, 0.25) is 5.91 Å². The summed E-state index contributed by atoms with van der Waals surface area (Å²) in [6.07, 6.45) is 0.929. The van der Waals surface area contributed by atoms with Crippen molar-refractivity contribution in [3.8, 4) is 0 Å². The predicted octanol–water partition coefficient (Wildman–Crippen LogP) is -1.31. The van der Waals surface area contributed by atoms with E-state index in [4.69, 9.17) is 4.55 Å². The number of amides is 4. The molecule has 1 atom stereocenters. The Labute approximate surface area is 153 Å². The van der Waals surface area contributed by atoms with E-state index in [0.717, 1.165) is 17.1 Å². The summed E-state index contributed by atoms with van der Waals surface area (Å²) in [5.41, 5.74) is -1.98. The van der Waals surface area contributed by atoms with E-state index < -0.39 is 63.0 Å². The van der Waals surface area contributed by atoms with Crippen LogP contribution >= 0.6 is 0 Å². The zero-order chi connectivity index (χ0) is 20.1. The number of carboxylic acids is 1. The molecule has 146 valence electrons. The summed E-state index contributed by atoms with van der Waals surface area (Å²) in [5.74, 6) is -4.81. The van der Waals surface area contributed by atoms with Gasteiger partial charge >= 0.3 is 5.97 Å². The lowest BCUT2D eigenvalue weighted by molar-refractivity contribution is -0.166. The van der Waals surface area contributed by atoms with Crippen LogP contribution in [0.2, 0.25) is 0 Å². The van der Waals surface area contributed by atoms with Crippen molar-refractivity contribution in [3.05, 3.63) is 12.2 Å². The minimum atomic E-state index is -4.86. The first-order valence-electron chi connectivity index (χ1n) is 8.11. The highest BCUT2D eigenvalue weighted by molar-refractivity contribution is 7.87. The molecule has 2 N–H and O–H groups in total. The highest BCUT2D eigenvalue weighted by atomic mass is 32.2. The first kappa shape index (κ1) is 19.2. The number of likely N-dealkylation sites (tertiary alicyclic amines) is 1. The monoisotopic (exact) mass is 400 g/mol. The second-order valence-electron chi connectivity index (χ2n) is 6.72. The molecule has 2 fully saturated rings. The second-order valence-corrected chi connectivity index (χ2v) is 8.32. The molecule has 3 rings (SSSR count). The molecule has 27 heavy (non-hydrogen) atoms. The number of rotatable bonds is 4. The third-order valence-corrected chi connectivity index (χ3v) is 6.37. The van der Waals surface area contributed by atoms with Gasteiger partial charge in [-0.25, -0.2) is 4.79 Å². The van der Waals surface area contributed by atoms with Crippen LogP contribution in [0, 0.1) is 0 Å². The molecule has 1 aliphatic carbocycles. The Kier molecular flexibility index (Phi) is 4.43. The summed E-state index contributed by atoms with van der Waals surface area (Å²) >= 11 is 0. The van der Waals surface area contributed by atoms with Crippen molar-refractivity contribution in [2.45, 2.75) is 48.9 Å². The van der Waals surface area contributed by atoms with Crippen LogP contribution in [0.1, 0.15) is 32.1 Å². The fraction of sp³-hybridized carbons (Fsp3) is 0.533. The van der Waals surface area contributed by atoms with Gasteiger partial charge in [-0.2, -0.15) is 8.42 Å². The van der Waals surface area contributed by atoms with Gasteiger partial charge in [0.15, 0.2) is 5.25 Å². The van der Waals surface area contributed by atoms with Crippen LogP contribution < -0.4 is 0 Å². The molecule has 2 heterocycles. The van der Waals surface area contributed by atoms with E-state index in [1.165, 1.54) is 0 Å². The van der Waals surface area contributed by atoms with Gasteiger partial charge in [0.1, 0.15) is 5.54 Å². The number of aliphatic carboxylic acids is 1. The van der Waals surface area contributed by atoms with Gasteiger partial charge in [-0.05, 0) is 25.7 Å². The molecular weight excluding hydrogens is 384 g/mol. The van der Waals surface area contributed by atoms with Gasteiger partial charge in [0, 0.05) is 18.2 Å². The van der Waals surface area contributed by atoms with Gasteiger partial charge in [-0.15, -0.1) is 0 Å². The first-order valence-corrected chi connectivity index (χ1v) is 9.61. The summed E-state index contributed by atoms with van der Waals surface area (Å²) in [6.45, 7) is 0. The van der Waals surface area contributed by atoms with Crippen molar-refractivity contribution < 1.29 is 42.0 Å². The lowest BCUT2D eigenvalue weighted by Crippen LogP contribution is -2.61. The van der Waals surface area contributed by atoms with E-state index in [2.05, 4.69) is 0 Å². The van der Waals surface area contributed by atoms with Crippen LogP contribution in [0.15, 0.2) is 12.2 Å². The predicted molar refractivity (Wildman–Crippen MR) is 85.4 cm³/mol. The van der Waals surface area contributed by atoms with Crippen molar-refractivity contribution in [1.29, 1.82) is 0 Å². The molecule has 0 spiro atoms. The zero-order valence-electron chi connectivity index (χ0n) is 13.9. The molecule has 1 saturated carbocycles. The van der Waals surface area contributed by atoms with E-state index in [1.807, 2.05) is 0 Å². The molecule has 0 bridgehead atoms. The molecule has 11 nitrogen and oxygen atoms in total. The van der Waals surface area contributed by atoms with Gasteiger partial charge in [-0.3, -0.25) is 33.5 Å². The van der Waals surface area contributed by atoms with Crippen LogP contribution in [0.3, 0.4) is 0 Å². The van der Waals surface area contributed by atoms with E-state index >= 15 is 0 Å². The minimum Gasteiger partial charge on any atom is -0.479 e. The number of nitrogens with zero attached hydrogens (tertiary/aromatic N) is 2. The third kappa shape index (κ3) is 2.94. The average Bonchev–Trinajstić information content (AvgIpc) is 3.06. The Morgan fingerprint density at radius 2 is 1.59 bits per heavy atom. The molecule has 12 heteroatoms. The van der Waals surface area contributed by atoms with Crippen LogP contribution in [0.25, 0.3) is 0 Å². The molecule has 0 aromatic rings. The van der Waals surface area contributed by atoms with E-state index in [1.54, 1.807) is 0 Å². The van der Waals surface area contributed by atoms with Crippen molar-refractivity contribution in [2.24, 2.45) is 0 Å². The summed E-state index contributed by atoms with van der Waals surface area (Å²) in [6, 6.07) is -0.586. The minimum absolute atomic E-state index is 0.0268. The zero-order valence-corrected chi connectivity index (χ0v) is 14.7. The van der Waals surface area contributed by atoms with Crippen LogP contribution in [0.5, 0.6) is 0 Å². The van der Waals surface area contributed by atoms with E-state index in [9.17, 15) is 37.5 Å². The number of hydrogen-bond acceptors (Lipinski definition) is 7. The SMILES string of the molecule is O=C1C=CC(=O)N1C1CCC(C(=O)O)(N2C(=O)CC(S(=O)(=O)O)C2=O)CC1. The largest absolute Gasteiger partial charge is 0.479 e. The first-order chi connectivity index (χ1) is 12.5. The van der Waals surface area contributed by atoms with Gasteiger partial charge in [0.05, 0.1) is 6.42 Å². The second kappa shape index (κ2) is 6.23. The maximum atomic E-state index is 12.4. The van der Waals surface area contributed by atoms with Gasteiger partial charge < -0.3 is 5.11 Å². The number of carboxylic acid groups (broad SMARTS) is 1. The fourth-order valence-electron chi connectivity index (χ4n) is 3.93. The maximum absolute atomic E-state index is 12.4. The normalized spacial score (nSPS) is 31.9. The average molecular weight is 400 g/mol. The smallest absolute Gasteiger partial charge is 0.330 e. The van der Waals surface area contributed by atoms with Gasteiger partial charge in [-0.1, -0.05) is 0 Å². The van der Waals surface area contributed by atoms with Crippen LogP contribution in [-0.2, 0) is 34.1 Å². The Hall–Kier alpha value is -2.60. The molecule has 3 aliphatic rings. The summed E-state index contributed by atoms with van der Waals surface area (Å²) < 4.78 is 31.7. The number of carbonyl (C=O) groups is 5. The van der Waals surface area contributed by atoms with E-state index in [-0.39, 0.29) is 25.7 Å². The lowest BCUT2D eigenvalue weighted by atomic mass is 9.77. The third-order valence-electron chi connectivity index (χ3n) is 5.28. The Morgan fingerprint density at radius 3 is 2.00 bits per heavy atom. The van der Waals surface area contributed by atoms with Crippen molar-refractivity contribution in [3.63, 3.8) is 0 Å². The molecule has 1 unspecified atom stereocenters. The molecule has 0 aromatic carbocycles. The molecule has 4 amide bonds. The number of imide groups is 2. The number of carbonyl (C=O) groups excluding carboxylic acids is 4. The standard InChI is InChI=1S/C15H16N2O9S/c18-10-1-2-11(19)16(10)8-3-5-15(6-4-8,14(22)23)17-12(20)7-9(13(17)21)27(24,25)26/h1-2,8-9H,3-7H2,(H,22,23)(H,24,25,26). The molecule has 0 radical (unpaired) electrons. The molecule has 1 saturated heterocycles. The summed E-state index contributed by atoms with van der Waals surface area (Å²) in [7, 11) is -4.86. The molecule has 2 aliphatic heterocycles. The number of hydrogen-bond donors (Lipinski definition) is 2.